The lowest BCUT2D eigenvalue weighted by Crippen LogP contribution is -2.39. The number of carbonyl (C=O) groups excluding carboxylic acids is 1. The fourth-order valence-electron chi connectivity index (χ4n) is 2.08. The topological polar surface area (TPSA) is 38.1 Å². The number of rotatable bonds is 5. The van der Waals surface area contributed by atoms with Crippen molar-refractivity contribution in [2.24, 2.45) is 7.05 Å². The molecule has 23 heavy (non-hydrogen) atoms. The van der Waals surface area contributed by atoms with Gasteiger partial charge in [-0.2, -0.15) is 13.2 Å². The lowest BCUT2D eigenvalue weighted by Gasteiger charge is -2.24. The highest BCUT2D eigenvalue weighted by atomic mass is 19.4. The number of hydrogen-bond acceptors (Lipinski definition) is 2. The first-order chi connectivity index (χ1) is 10.7. The number of amides is 1. The van der Waals surface area contributed by atoms with Gasteiger partial charge in [-0.1, -0.05) is 12.1 Å². The van der Waals surface area contributed by atoms with Crippen molar-refractivity contribution in [2.45, 2.75) is 19.1 Å². The summed E-state index contributed by atoms with van der Waals surface area (Å²) in [6, 6.07) is 5.01. The molecular weight excluding hydrogens is 314 g/mol. The summed E-state index contributed by atoms with van der Waals surface area (Å²) < 4.78 is 52.6. The molecule has 0 saturated carbocycles. The van der Waals surface area contributed by atoms with Crippen molar-refractivity contribution >= 4 is 5.91 Å². The highest BCUT2D eigenvalue weighted by Crippen LogP contribution is 2.19. The second-order valence-electron chi connectivity index (χ2n) is 5.16. The van der Waals surface area contributed by atoms with Crippen molar-refractivity contribution in [1.29, 1.82) is 0 Å². The summed E-state index contributed by atoms with van der Waals surface area (Å²) in [5.41, 5.74) is 0.940. The molecule has 4 nitrogen and oxygen atoms in total. The Morgan fingerprint density at radius 1 is 1.26 bits per heavy atom. The number of aromatic nitrogens is 2. The molecule has 0 saturated heterocycles. The van der Waals surface area contributed by atoms with E-state index in [0.29, 0.717) is 16.2 Å². The molecule has 0 radical (unpaired) electrons. The summed E-state index contributed by atoms with van der Waals surface area (Å²) in [6.07, 6.45) is -1.80. The van der Waals surface area contributed by atoms with Gasteiger partial charge in [-0.05, 0) is 17.7 Å². The van der Waals surface area contributed by atoms with E-state index < -0.39 is 24.4 Å². The summed E-state index contributed by atoms with van der Waals surface area (Å²) in [5.74, 6) is -1.16. The third-order valence-corrected chi connectivity index (χ3v) is 3.26. The van der Waals surface area contributed by atoms with Gasteiger partial charge < -0.3 is 9.47 Å². The molecule has 1 heterocycles. The number of nitrogens with zero attached hydrogens (tertiary/aromatic N) is 3. The fraction of sp³-hybridized carbons (Fsp3) is 0.333. The van der Waals surface area contributed by atoms with Crippen LogP contribution in [0.25, 0.3) is 0 Å². The number of benzene rings is 1. The summed E-state index contributed by atoms with van der Waals surface area (Å²) in [7, 11) is 1.66. The van der Waals surface area contributed by atoms with Crippen LogP contribution >= 0.6 is 0 Å². The van der Waals surface area contributed by atoms with Crippen LogP contribution in [0.4, 0.5) is 17.6 Å². The molecule has 0 aliphatic carbocycles. The van der Waals surface area contributed by atoms with Crippen LogP contribution in [0.1, 0.15) is 11.3 Å². The molecule has 0 spiro atoms. The van der Waals surface area contributed by atoms with E-state index in [0.717, 1.165) is 12.1 Å². The summed E-state index contributed by atoms with van der Waals surface area (Å²) in [5, 5.41) is 0. The van der Waals surface area contributed by atoms with Gasteiger partial charge in [0.25, 0.3) is 0 Å². The monoisotopic (exact) mass is 329 g/mol. The molecule has 124 valence electrons. The van der Waals surface area contributed by atoms with Gasteiger partial charge in [0.15, 0.2) is 0 Å². The Balaban J connectivity index is 2.14. The van der Waals surface area contributed by atoms with Crippen LogP contribution in [-0.2, 0) is 24.8 Å². The predicted molar refractivity (Wildman–Crippen MR) is 74.8 cm³/mol. The molecule has 0 atom stereocenters. The molecule has 0 unspecified atom stereocenters. The molecule has 0 aliphatic heterocycles. The molecule has 1 aromatic heterocycles. The SMILES string of the molecule is Cn1cncc1CC(=O)N(Cc1ccc(F)cc1)CC(F)(F)F. The van der Waals surface area contributed by atoms with Crippen molar-refractivity contribution in [2.75, 3.05) is 6.54 Å². The summed E-state index contributed by atoms with van der Waals surface area (Å²) >= 11 is 0. The minimum atomic E-state index is -4.51. The van der Waals surface area contributed by atoms with E-state index in [1.165, 1.54) is 24.7 Å². The van der Waals surface area contributed by atoms with Crippen LogP contribution in [0.15, 0.2) is 36.8 Å². The van der Waals surface area contributed by atoms with Crippen LogP contribution in [-0.4, -0.2) is 33.1 Å². The zero-order chi connectivity index (χ0) is 17.0. The lowest BCUT2D eigenvalue weighted by molar-refractivity contribution is -0.162. The zero-order valence-electron chi connectivity index (χ0n) is 12.3. The number of alkyl halides is 3. The minimum Gasteiger partial charge on any atom is -0.337 e. The third kappa shape index (κ3) is 5.08. The number of halogens is 4. The first kappa shape index (κ1) is 17.0. The number of carbonyl (C=O) groups is 1. The maximum absolute atomic E-state index is 12.9. The molecular formula is C15H15F4N3O. The molecule has 0 aliphatic rings. The van der Waals surface area contributed by atoms with Crippen molar-refractivity contribution < 1.29 is 22.4 Å². The van der Waals surface area contributed by atoms with E-state index in [9.17, 15) is 22.4 Å². The largest absolute Gasteiger partial charge is 0.406 e. The van der Waals surface area contributed by atoms with Gasteiger partial charge in [-0.15, -0.1) is 0 Å². The maximum atomic E-state index is 12.9. The van der Waals surface area contributed by atoms with Crippen molar-refractivity contribution in [3.8, 4) is 0 Å². The zero-order valence-corrected chi connectivity index (χ0v) is 12.3. The first-order valence-corrected chi connectivity index (χ1v) is 6.79. The first-order valence-electron chi connectivity index (χ1n) is 6.79. The number of hydrogen-bond donors (Lipinski definition) is 0. The molecule has 0 bridgehead atoms. The van der Waals surface area contributed by atoms with Crippen molar-refractivity contribution in [1.82, 2.24) is 14.5 Å². The Morgan fingerprint density at radius 3 is 2.43 bits per heavy atom. The number of aryl methyl sites for hydroxylation is 1. The molecule has 0 fully saturated rings. The minimum absolute atomic E-state index is 0.187. The maximum Gasteiger partial charge on any atom is 0.406 e. The van der Waals surface area contributed by atoms with E-state index in [1.54, 1.807) is 11.6 Å². The van der Waals surface area contributed by atoms with Gasteiger partial charge in [0.2, 0.25) is 5.91 Å². The molecule has 0 N–H and O–H groups in total. The predicted octanol–water partition coefficient (Wildman–Crippen LogP) is 2.69. The molecule has 2 aromatic rings. The second kappa shape index (κ2) is 6.80. The van der Waals surface area contributed by atoms with Crippen LogP contribution in [0, 0.1) is 5.82 Å². The standard InChI is InChI=1S/C15H15F4N3O/c1-21-10-20-7-13(21)6-14(23)22(9-15(17,18)19)8-11-2-4-12(16)5-3-11/h2-5,7,10H,6,8-9H2,1H3. The van der Waals surface area contributed by atoms with Gasteiger partial charge in [-0.3, -0.25) is 4.79 Å². The van der Waals surface area contributed by atoms with Crippen LogP contribution < -0.4 is 0 Å². The number of imidazole rings is 1. The van der Waals surface area contributed by atoms with Gasteiger partial charge >= 0.3 is 6.18 Å². The Bertz CT molecular complexity index is 664. The summed E-state index contributed by atoms with van der Waals surface area (Å²) in [6.45, 7) is -1.60. The highest BCUT2D eigenvalue weighted by Gasteiger charge is 2.33. The molecule has 2 rings (SSSR count). The van der Waals surface area contributed by atoms with E-state index in [2.05, 4.69) is 4.98 Å². The van der Waals surface area contributed by atoms with Crippen LogP contribution in [0.3, 0.4) is 0 Å². The normalized spacial score (nSPS) is 11.5. The Morgan fingerprint density at radius 2 is 1.91 bits per heavy atom. The van der Waals surface area contributed by atoms with E-state index in [4.69, 9.17) is 0 Å². The Labute approximate surface area is 130 Å². The summed E-state index contributed by atoms with van der Waals surface area (Å²) in [4.78, 5) is 16.8. The average Bonchev–Trinajstić information content (AvgIpc) is 2.84. The van der Waals surface area contributed by atoms with Crippen molar-refractivity contribution in [3.63, 3.8) is 0 Å². The molecule has 1 aromatic carbocycles. The van der Waals surface area contributed by atoms with E-state index in [1.807, 2.05) is 0 Å². The molecule has 8 heteroatoms. The second-order valence-corrected chi connectivity index (χ2v) is 5.16. The Hall–Kier alpha value is -2.38. The third-order valence-electron chi connectivity index (χ3n) is 3.26. The Kier molecular flexibility index (Phi) is 5.02. The van der Waals surface area contributed by atoms with Gasteiger partial charge in [-0.25, -0.2) is 9.37 Å². The van der Waals surface area contributed by atoms with E-state index in [-0.39, 0.29) is 13.0 Å². The van der Waals surface area contributed by atoms with E-state index >= 15 is 0 Å². The quantitative estimate of drug-likeness (QED) is 0.791. The smallest absolute Gasteiger partial charge is 0.337 e. The van der Waals surface area contributed by atoms with Gasteiger partial charge in [0.05, 0.1) is 12.7 Å². The van der Waals surface area contributed by atoms with Crippen molar-refractivity contribution in [3.05, 3.63) is 53.9 Å². The average molecular weight is 329 g/mol. The van der Waals surface area contributed by atoms with Gasteiger partial charge in [0, 0.05) is 25.5 Å². The highest BCUT2D eigenvalue weighted by molar-refractivity contribution is 5.78. The fourth-order valence-corrected chi connectivity index (χ4v) is 2.08. The lowest BCUT2D eigenvalue weighted by atomic mass is 10.2. The van der Waals surface area contributed by atoms with Gasteiger partial charge in [0.1, 0.15) is 12.4 Å². The van der Waals surface area contributed by atoms with Crippen LogP contribution in [0.5, 0.6) is 0 Å². The molecule has 1 amide bonds. The van der Waals surface area contributed by atoms with Crippen LogP contribution in [0.2, 0.25) is 0 Å².